The summed E-state index contributed by atoms with van der Waals surface area (Å²) in [6, 6.07) is 3.27. The predicted molar refractivity (Wildman–Crippen MR) is 54.9 cm³/mol. The fourth-order valence-electron chi connectivity index (χ4n) is 1.43. The monoisotopic (exact) mass is 192 g/mol. The van der Waals surface area contributed by atoms with E-state index in [-0.39, 0.29) is 5.82 Å². The third kappa shape index (κ3) is 1.39. The van der Waals surface area contributed by atoms with Gasteiger partial charge in [0.1, 0.15) is 11.6 Å². The van der Waals surface area contributed by atoms with Gasteiger partial charge in [0.15, 0.2) is 0 Å². The summed E-state index contributed by atoms with van der Waals surface area (Å²) < 4.78 is 13.2. The van der Waals surface area contributed by atoms with Crippen LogP contribution < -0.4 is 0 Å². The van der Waals surface area contributed by atoms with E-state index in [9.17, 15) is 4.39 Å². The normalized spacial score (nSPS) is 11.5. The van der Waals surface area contributed by atoms with E-state index in [0.29, 0.717) is 17.0 Å². The molecule has 0 saturated carbocycles. The molecule has 0 bridgehead atoms. The van der Waals surface area contributed by atoms with Crippen molar-refractivity contribution in [2.24, 2.45) is 0 Å². The predicted octanol–water partition coefficient (Wildman–Crippen LogP) is 3.13. The Morgan fingerprint density at radius 1 is 1.36 bits per heavy atom. The first-order valence-corrected chi connectivity index (χ1v) is 4.73. The molecule has 0 aliphatic carbocycles. The minimum absolute atomic E-state index is 0.195. The quantitative estimate of drug-likeness (QED) is 0.738. The average molecular weight is 192 g/mol. The minimum atomic E-state index is -0.195. The highest BCUT2D eigenvalue weighted by atomic mass is 19.1. The van der Waals surface area contributed by atoms with E-state index < -0.39 is 0 Å². The Hall–Kier alpha value is -1.38. The molecule has 3 heteroatoms. The van der Waals surface area contributed by atoms with Crippen molar-refractivity contribution in [1.29, 1.82) is 0 Å². The van der Waals surface area contributed by atoms with Crippen LogP contribution >= 0.6 is 0 Å². The number of benzene rings is 1. The number of nitrogens with one attached hydrogen (secondary N) is 1. The van der Waals surface area contributed by atoms with Gasteiger partial charge >= 0.3 is 0 Å². The smallest absolute Gasteiger partial charge is 0.128 e. The molecule has 0 fully saturated rings. The number of halogens is 1. The van der Waals surface area contributed by atoms with Gasteiger partial charge in [-0.2, -0.15) is 0 Å². The van der Waals surface area contributed by atoms with E-state index in [4.69, 9.17) is 0 Å². The van der Waals surface area contributed by atoms with Gasteiger partial charge in [0.2, 0.25) is 0 Å². The second-order valence-electron chi connectivity index (χ2n) is 3.90. The molecule has 0 aliphatic rings. The molecule has 1 heterocycles. The van der Waals surface area contributed by atoms with Crippen molar-refractivity contribution < 1.29 is 4.39 Å². The highest BCUT2D eigenvalue weighted by Crippen LogP contribution is 2.19. The van der Waals surface area contributed by atoms with Crippen LogP contribution in [0.2, 0.25) is 0 Å². The maximum Gasteiger partial charge on any atom is 0.128 e. The van der Waals surface area contributed by atoms with E-state index in [1.807, 2.05) is 0 Å². The summed E-state index contributed by atoms with van der Waals surface area (Å²) in [5, 5.41) is 0. The molecule has 0 radical (unpaired) electrons. The second kappa shape index (κ2) is 3.08. The van der Waals surface area contributed by atoms with Crippen LogP contribution in [0.3, 0.4) is 0 Å². The minimum Gasteiger partial charge on any atom is -0.342 e. The Morgan fingerprint density at radius 2 is 2.07 bits per heavy atom. The van der Waals surface area contributed by atoms with Gasteiger partial charge in [-0.1, -0.05) is 13.8 Å². The van der Waals surface area contributed by atoms with Crippen molar-refractivity contribution in [2.75, 3.05) is 0 Å². The topological polar surface area (TPSA) is 28.7 Å². The number of H-pyrrole nitrogens is 1. The Balaban J connectivity index is 2.66. The van der Waals surface area contributed by atoms with Crippen LogP contribution in [0.4, 0.5) is 4.39 Å². The molecular formula is C11H13FN2. The lowest BCUT2D eigenvalue weighted by atomic mass is 10.2. The Morgan fingerprint density at radius 3 is 2.71 bits per heavy atom. The first-order valence-electron chi connectivity index (χ1n) is 4.73. The fourth-order valence-corrected chi connectivity index (χ4v) is 1.43. The lowest BCUT2D eigenvalue weighted by molar-refractivity contribution is 0.620. The van der Waals surface area contributed by atoms with Crippen LogP contribution in [0.1, 0.15) is 31.2 Å². The fraction of sp³-hybridized carbons (Fsp3) is 0.364. The van der Waals surface area contributed by atoms with E-state index in [2.05, 4.69) is 23.8 Å². The number of hydrogen-bond acceptors (Lipinski definition) is 1. The van der Waals surface area contributed by atoms with Crippen molar-refractivity contribution in [3.8, 4) is 0 Å². The summed E-state index contributed by atoms with van der Waals surface area (Å²) in [7, 11) is 0. The van der Waals surface area contributed by atoms with Gasteiger partial charge in [0, 0.05) is 12.0 Å². The van der Waals surface area contributed by atoms with Crippen LogP contribution in [0.15, 0.2) is 12.1 Å². The number of imidazole rings is 1. The molecule has 1 aromatic carbocycles. The van der Waals surface area contributed by atoms with Gasteiger partial charge in [-0.15, -0.1) is 0 Å². The molecule has 74 valence electrons. The van der Waals surface area contributed by atoms with Gasteiger partial charge in [-0.05, 0) is 18.6 Å². The van der Waals surface area contributed by atoms with Crippen LogP contribution in [0.5, 0.6) is 0 Å². The first-order chi connectivity index (χ1) is 6.58. The van der Waals surface area contributed by atoms with Crippen molar-refractivity contribution in [3.63, 3.8) is 0 Å². The molecule has 14 heavy (non-hydrogen) atoms. The van der Waals surface area contributed by atoms with E-state index in [1.54, 1.807) is 13.0 Å². The number of fused-ring (bicyclic) bond motifs is 1. The van der Waals surface area contributed by atoms with Gasteiger partial charge in [-0.25, -0.2) is 9.37 Å². The summed E-state index contributed by atoms with van der Waals surface area (Å²) in [5.74, 6) is 1.05. The maximum absolute atomic E-state index is 13.2. The van der Waals surface area contributed by atoms with Gasteiger partial charge in [0.05, 0.1) is 11.0 Å². The highest BCUT2D eigenvalue weighted by molar-refractivity contribution is 5.76. The van der Waals surface area contributed by atoms with Crippen LogP contribution in [-0.2, 0) is 0 Å². The highest BCUT2D eigenvalue weighted by Gasteiger charge is 2.08. The Kier molecular flexibility index (Phi) is 2.02. The summed E-state index contributed by atoms with van der Waals surface area (Å²) in [5.41, 5.74) is 2.26. The standard InChI is InChI=1S/C11H13FN2/c1-6(2)11-13-9-4-7(3)8(12)5-10(9)14-11/h4-6H,1-3H3,(H,13,14). The van der Waals surface area contributed by atoms with Crippen LogP contribution in [-0.4, -0.2) is 9.97 Å². The SMILES string of the molecule is Cc1cc2[nH]c(C(C)C)nc2cc1F. The molecule has 0 spiro atoms. The largest absolute Gasteiger partial charge is 0.342 e. The zero-order valence-corrected chi connectivity index (χ0v) is 8.56. The summed E-state index contributed by atoms with van der Waals surface area (Å²) in [6.45, 7) is 5.87. The first kappa shape index (κ1) is 9.19. The molecule has 1 aromatic heterocycles. The molecule has 1 N–H and O–H groups in total. The number of aryl methyl sites for hydroxylation is 1. The number of nitrogens with zero attached hydrogens (tertiary/aromatic N) is 1. The molecule has 0 atom stereocenters. The molecule has 2 aromatic rings. The number of aromatic amines is 1. The molecular weight excluding hydrogens is 179 g/mol. The van der Waals surface area contributed by atoms with Crippen molar-refractivity contribution in [1.82, 2.24) is 9.97 Å². The molecule has 0 amide bonds. The summed E-state index contributed by atoms with van der Waals surface area (Å²) >= 11 is 0. The lowest BCUT2D eigenvalue weighted by Gasteiger charge is -1.95. The molecule has 0 aliphatic heterocycles. The van der Waals surface area contributed by atoms with Crippen molar-refractivity contribution in [2.45, 2.75) is 26.7 Å². The second-order valence-corrected chi connectivity index (χ2v) is 3.90. The third-order valence-corrected chi connectivity index (χ3v) is 2.33. The molecule has 2 nitrogen and oxygen atoms in total. The van der Waals surface area contributed by atoms with Gasteiger partial charge in [0.25, 0.3) is 0 Å². The van der Waals surface area contributed by atoms with Crippen molar-refractivity contribution in [3.05, 3.63) is 29.3 Å². The van der Waals surface area contributed by atoms with Gasteiger partial charge < -0.3 is 4.98 Å². The third-order valence-electron chi connectivity index (χ3n) is 2.33. The Bertz CT molecular complexity index is 432. The van der Waals surface area contributed by atoms with Gasteiger partial charge in [-0.3, -0.25) is 0 Å². The van der Waals surface area contributed by atoms with E-state index in [1.165, 1.54) is 6.07 Å². The van der Waals surface area contributed by atoms with E-state index in [0.717, 1.165) is 11.3 Å². The van der Waals surface area contributed by atoms with Crippen LogP contribution in [0.25, 0.3) is 11.0 Å². The molecule has 0 saturated heterocycles. The lowest BCUT2D eigenvalue weighted by Crippen LogP contribution is -1.88. The summed E-state index contributed by atoms with van der Waals surface area (Å²) in [6.07, 6.45) is 0. The number of aromatic nitrogens is 2. The van der Waals surface area contributed by atoms with Crippen molar-refractivity contribution >= 4 is 11.0 Å². The van der Waals surface area contributed by atoms with Crippen LogP contribution in [0, 0.1) is 12.7 Å². The number of hydrogen-bond donors (Lipinski definition) is 1. The average Bonchev–Trinajstić information content (AvgIpc) is 2.48. The Labute approximate surface area is 82.2 Å². The number of rotatable bonds is 1. The molecule has 2 rings (SSSR count). The summed E-state index contributed by atoms with van der Waals surface area (Å²) in [4.78, 5) is 7.50. The molecule has 0 unspecified atom stereocenters. The zero-order chi connectivity index (χ0) is 10.3. The zero-order valence-electron chi connectivity index (χ0n) is 8.56. The van der Waals surface area contributed by atoms with E-state index >= 15 is 0 Å². The maximum atomic E-state index is 13.2.